The number of benzene rings is 1. The van der Waals surface area contributed by atoms with Gasteiger partial charge in [0.2, 0.25) is 5.91 Å². The summed E-state index contributed by atoms with van der Waals surface area (Å²) >= 11 is 0. The average Bonchev–Trinajstić information content (AvgIpc) is 2.90. The zero-order chi connectivity index (χ0) is 14.5. The Hall–Kier alpha value is -1.39. The van der Waals surface area contributed by atoms with Gasteiger partial charge in [0.25, 0.3) is 0 Å². The Kier molecular flexibility index (Phi) is 5.15. The van der Waals surface area contributed by atoms with Crippen LogP contribution in [0.15, 0.2) is 30.3 Å². The summed E-state index contributed by atoms with van der Waals surface area (Å²) in [5, 5.41) is 0. The molecule has 1 fully saturated rings. The SMILES string of the molecule is CC1OCCC1N(C)C(=O)CCC(N)c1ccccc1. The van der Waals surface area contributed by atoms with Crippen molar-refractivity contribution in [1.29, 1.82) is 0 Å². The van der Waals surface area contributed by atoms with Gasteiger partial charge in [0.1, 0.15) is 0 Å². The molecule has 0 saturated carbocycles. The van der Waals surface area contributed by atoms with E-state index in [2.05, 4.69) is 0 Å². The van der Waals surface area contributed by atoms with Crippen molar-refractivity contribution in [2.45, 2.75) is 44.4 Å². The molecule has 1 aromatic carbocycles. The maximum Gasteiger partial charge on any atom is 0.222 e. The van der Waals surface area contributed by atoms with Gasteiger partial charge >= 0.3 is 0 Å². The number of carbonyl (C=O) groups excluding carboxylic acids is 1. The van der Waals surface area contributed by atoms with Crippen molar-refractivity contribution in [2.24, 2.45) is 5.73 Å². The highest BCUT2D eigenvalue weighted by Crippen LogP contribution is 2.21. The minimum absolute atomic E-state index is 0.0780. The third-order valence-corrected chi connectivity index (χ3v) is 4.12. The number of carbonyl (C=O) groups is 1. The van der Waals surface area contributed by atoms with E-state index >= 15 is 0 Å². The van der Waals surface area contributed by atoms with Crippen LogP contribution in [0.5, 0.6) is 0 Å². The van der Waals surface area contributed by atoms with Crippen molar-refractivity contribution in [1.82, 2.24) is 4.90 Å². The molecule has 1 aromatic rings. The zero-order valence-electron chi connectivity index (χ0n) is 12.3. The average molecular weight is 276 g/mol. The molecular weight excluding hydrogens is 252 g/mol. The Morgan fingerprint density at radius 2 is 2.15 bits per heavy atom. The highest BCUT2D eigenvalue weighted by molar-refractivity contribution is 5.76. The standard InChI is InChI=1S/C16H24N2O2/c1-12-15(10-11-20-12)18(2)16(19)9-8-14(17)13-6-4-3-5-7-13/h3-7,12,14-15H,8-11,17H2,1-2H3. The molecule has 1 amide bonds. The van der Waals surface area contributed by atoms with Gasteiger partial charge in [-0.1, -0.05) is 30.3 Å². The summed E-state index contributed by atoms with van der Waals surface area (Å²) in [4.78, 5) is 14.1. The van der Waals surface area contributed by atoms with Crippen LogP contribution in [0.2, 0.25) is 0 Å². The molecule has 1 saturated heterocycles. The van der Waals surface area contributed by atoms with Gasteiger partial charge in [0, 0.05) is 26.1 Å². The molecule has 2 N–H and O–H groups in total. The van der Waals surface area contributed by atoms with Gasteiger partial charge in [-0.15, -0.1) is 0 Å². The van der Waals surface area contributed by atoms with Crippen LogP contribution in [0.1, 0.15) is 37.8 Å². The maximum atomic E-state index is 12.2. The second-order valence-corrected chi connectivity index (χ2v) is 5.49. The highest BCUT2D eigenvalue weighted by Gasteiger charge is 2.30. The summed E-state index contributed by atoms with van der Waals surface area (Å²) in [6.45, 7) is 2.77. The van der Waals surface area contributed by atoms with Gasteiger partial charge in [-0.3, -0.25) is 4.79 Å². The van der Waals surface area contributed by atoms with Gasteiger partial charge in [-0.05, 0) is 25.3 Å². The van der Waals surface area contributed by atoms with Crippen molar-refractivity contribution >= 4 is 5.91 Å². The smallest absolute Gasteiger partial charge is 0.222 e. The lowest BCUT2D eigenvalue weighted by Crippen LogP contribution is -2.41. The normalized spacial score (nSPS) is 23.6. The molecule has 2 rings (SSSR count). The number of nitrogens with zero attached hydrogens (tertiary/aromatic N) is 1. The Morgan fingerprint density at radius 3 is 2.75 bits per heavy atom. The molecule has 4 heteroatoms. The van der Waals surface area contributed by atoms with Crippen LogP contribution in [0.25, 0.3) is 0 Å². The second kappa shape index (κ2) is 6.86. The minimum Gasteiger partial charge on any atom is -0.376 e. The summed E-state index contributed by atoms with van der Waals surface area (Å²) < 4.78 is 5.51. The summed E-state index contributed by atoms with van der Waals surface area (Å²) in [6.07, 6.45) is 2.21. The fraction of sp³-hybridized carbons (Fsp3) is 0.562. The van der Waals surface area contributed by atoms with Gasteiger partial charge in [-0.25, -0.2) is 0 Å². The van der Waals surface area contributed by atoms with Crippen LogP contribution in [-0.4, -0.2) is 36.6 Å². The molecule has 1 aliphatic rings. The molecule has 0 aliphatic carbocycles. The number of nitrogens with two attached hydrogens (primary N) is 1. The number of hydrogen-bond acceptors (Lipinski definition) is 3. The Bertz CT molecular complexity index is 435. The molecule has 20 heavy (non-hydrogen) atoms. The fourth-order valence-electron chi connectivity index (χ4n) is 2.74. The summed E-state index contributed by atoms with van der Waals surface area (Å²) in [5.41, 5.74) is 7.21. The minimum atomic E-state index is -0.0780. The van der Waals surface area contributed by atoms with Crippen molar-refractivity contribution in [3.8, 4) is 0 Å². The van der Waals surface area contributed by atoms with Crippen LogP contribution in [0.4, 0.5) is 0 Å². The number of hydrogen-bond donors (Lipinski definition) is 1. The van der Waals surface area contributed by atoms with E-state index in [1.165, 1.54) is 0 Å². The number of likely N-dealkylation sites (N-methyl/N-ethyl adjacent to an activating group) is 1. The molecular formula is C16H24N2O2. The van der Waals surface area contributed by atoms with E-state index in [-0.39, 0.29) is 24.1 Å². The third-order valence-electron chi connectivity index (χ3n) is 4.12. The molecule has 1 aliphatic heterocycles. The molecule has 4 nitrogen and oxygen atoms in total. The third kappa shape index (κ3) is 3.58. The van der Waals surface area contributed by atoms with Gasteiger partial charge in [0.05, 0.1) is 12.1 Å². The molecule has 3 unspecified atom stereocenters. The van der Waals surface area contributed by atoms with Crippen LogP contribution in [0, 0.1) is 0 Å². The fourth-order valence-corrected chi connectivity index (χ4v) is 2.74. The quantitative estimate of drug-likeness (QED) is 0.896. The van der Waals surface area contributed by atoms with Crippen LogP contribution in [0.3, 0.4) is 0 Å². The predicted octanol–water partition coefficient (Wildman–Crippen LogP) is 2.10. The Balaban J connectivity index is 1.83. The lowest BCUT2D eigenvalue weighted by atomic mass is 10.0. The first-order valence-corrected chi connectivity index (χ1v) is 7.27. The van der Waals surface area contributed by atoms with Crippen molar-refractivity contribution in [2.75, 3.05) is 13.7 Å². The molecule has 0 bridgehead atoms. The van der Waals surface area contributed by atoms with Crippen molar-refractivity contribution in [3.05, 3.63) is 35.9 Å². The Morgan fingerprint density at radius 1 is 1.45 bits per heavy atom. The van der Waals surface area contributed by atoms with E-state index < -0.39 is 0 Å². The van der Waals surface area contributed by atoms with E-state index in [0.29, 0.717) is 12.8 Å². The van der Waals surface area contributed by atoms with Gasteiger partial charge < -0.3 is 15.4 Å². The summed E-state index contributed by atoms with van der Waals surface area (Å²) in [5.74, 6) is 0.152. The molecule has 0 radical (unpaired) electrons. The van der Waals surface area contributed by atoms with E-state index in [1.807, 2.05) is 49.2 Å². The van der Waals surface area contributed by atoms with Gasteiger partial charge in [-0.2, -0.15) is 0 Å². The summed E-state index contributed by atoms with van der Waals surface area (Å²) in [7, 11) is 1.87. The zero-order valence-corrected chi connectivity index (χ0v) is 12.3. The predicted molar refractivity (Wildman–Crippen MR) is 79.2 cm³/mol. The second-order valence-electron chi connectivity index (χ2n) is 5.49. The van der Waals surface area contributed by atoms with E-state index in [0.717, 1.165) is 18.6 Å². The van der Waals surface area contributed by atoms with Gasteiger partial charge in [0.15, 0.2) is 0 Å². The lowest BCUT2D eigenvalue weighted by molar-refractivity contribution is -0.133. The van der Waals surface area contributed by atoms with E-state index in [9.17, 15) is 4.79 Å². The number of rotatable bonds is 5. The first-order valence-electron chi connectivity index (χ1n) is 7.27. The van der Waals surface area contributed by atoms with Crippen molar-refractivity contribution in [3.63, 3.8) is 0 Å². The largest absolute Gasteiger partial charge is 0.376 e. The molecule has 0 spiro atoms. The van der Waals surface area contributed by atoms with Crippen LogP contribution >= 0.6 is 0 Å². The van der Waals surface area contributed by atoms with Crippen molar-refractivity contribution < 1.29 is 9.53 Å². The topological polar surface area (TPSA) is 55.6 Å². The number of amides is 1. The summed E-state index contributed by atoms with van der Waals surface area (Å²) in [6, 6.07) is 10.1. The molecule has 0 aromatic heterocycles. The van der Waals surface area contributed by atoms with E-state index in [4.69, 9.17) is 10.5 Å². The lowest BCUT2D eigenvalue weighted by Gasteiger charge is -2.27. The molecule has 3 atom stereocenters. The monoisotopic (exact) mass is 276 g/mol. The van der Waals surface area contributed by atoms with E-state index in [1.54, 1.807) is 0 Å². The van der Waals surface area contributed by atoms with Crippen LogP contribution in [-0.2, 0) is 9.53 Å². The van der Waals surface area contributed by atoms with Crippen LogP contribution < -0.4 is 5.73 Å². The maximum absolute atomic E-state index is 12.2. The molecule has 110 valence electrons. The first kappa shape index (κ1) is 15.0. The number of ether oxygens (including phenoxy) is 1. The highest BCUT2D eigenvalue weighted by atomic mass is 16.5. The first-order chi connectivity index (χ1) is 9.59. The molecule has 1 heterocycles. The Labute approximate surface area is 120 Å².